The van der Waals surface area contributed by atoms with Gasteiger partial charge in [0.1, 0.15) is 8.07 Å². The molecule has 2 heteroatoms. The van der Waals surface area contributed by atoms with Crippen LogP contribution in [0.15, 0.2) is 23.3 Å². The van der Waals surface area contributed by atoms with Crippen LogP contribution < -0.4 is 0 Å². The van der Waals surface area contributed by atoms with E-state index >= 15 is 0 Å². The molecule has 0 rings (SSSR count). The average Bonchev–Trinajstić information content (AvgIpc) is 2.25. The number of carbonyl (C=O) groups excluding carboxylic acids is 1. The Kier molecular flexibility index (Phi) is 8.43. The second-order valence-electron chi connectivity index (χ2n) is 6.33. The lowest BCUT2D eigenvalue weighted by atomic mass is 10.1. The SMILES string of the molecule is CC(C)=CCC/C(C)=C/CCC(=O)C#C[Si](C)(C)C. The minimum Gasteiger partial charge on any atom is -0.285 e. The smallest absolute Gasteiger partial charge is 0.205 e. The Morgan fingerprint density at radius 2 is 1.58 bits per heavy atom. The summed E-state index contributed by atoms with van der Waals surface area (Å²) in [6, 6.07) is 0. The van der Waals surface area contributed by atoms with Crippen molar-refractivity contribution in [3.63, 3.8) is 0 Å². The zero-order valence-corrected chi connectivity index (χ0v) is 14.4. The first-order chi connectivity index (χ1) is 8.70. The fraction of sp³-hybridized carbons (Fsp3) is 0.588. The lowest BCUT2D eigenvalue weighted by Gasteiger charge is -2.02. The molecule has 0 saturated carbocycles. The Balaban J connectivity index is 4.03. The summed E-state index contributed by atoms with van der Waals surface area (Å²) < 4.78 is 0. The molecule has 0 aliphatic heterocycles. The van der Waals surface area contributed by atoms with E-state index in [2.05, 4.69) is 64.0 Å². The van der Waals surface area contributed by atoms with Crippen molar-refractivity contribution in [2.45, 2.75) is 66.1 Å². The summed E-state index contributed by atoms with van der Waals surface area (Å²) in [5, 5.41) is 0. The van der Waals surface area contributed by atoms with E-state index in [9.17, 15) is 4.79 Å². The molecule has 0 spiro atoms. The van der Waals surface area contributed by atoms with Gasteiger partial charge < -0.3 is 0 Å². The van der Waals surface area contributed by atoms with E-state index in [1.165, 1.54) is 11.1 Å². The van der Waals surface area contributed by atoms with Crippen molar-refractivity contribution in [3.8, 4) is 11.5 Å². The molecule has 0 saturated heterocycles. The molecule has 0 fully saturated rings. The number of rotatable bonds is 6. The molecule has 1 nitrogen and oxygen atoms in total. The van der Waals surface area contributed by atoms with Crippen molar-refractivity contribution < 1.29 is 4.79 Å². The summed E-state index contributed by atoms with van der Waals surface area (Å²) in [5.74, 6) is 2.87. The summed E-state index contributed by atoms with van der Waals surface area (Å²) in [4.78, 5) is 11.6. The second kappa shape index (κ2) is 8.93. The standard InChI is InChI=1S/C17H28OSi/c1-15(2)9-7-10-16(3)11-8-12-17(18)13-14-19(4,5)6/h9,11H,7-8,10,12H2,1-6H3/b16-11+. The highest BCUT2D eigenvalue weighted by atomic mass is 28.3. The van der Waals surface area contributed by atoms with Gasteiger partial charge in [-0.05, 0) is 46.0 Å². The summed E-state index contributed by atoms with van der Waals surface area (Å²) in [7, 11) is -1.41. The largest absolute Gasteiger partial charge is 0.285 e. The maximum Gasteiger partial charge on any atom is 0.205 e. The Morgan fingerprint density at radius 3 is 2.11 bits per heavy atom. The van der Waals surface area contributed by atoms with Crippen LogP contribution in [0.5, 0.6) is 0 Å². The predicted molar refractivity (Wildman–Crippen MR) is 87.8 cm³/mol. The number of carbonyl (C=O) groups is 1. The Morgan fingerprint density at radius 1 is 1.00 bits per heavy atom. The normalized spacial score (nSPS) is 11.6. The maximum absolute atomic E-state index is 11.6. The first-order valence-corrected chi connectivity index (χ1v) is 10.6. The van der Waals surface area contributed by atoms with Gasteiger partial charge in [0.25, 0.3) is 0 Å². The third-order valence-electron chi connectivity index (χ3n) is 2.53. The summed E-state index contributed by atoms with van der Waals surface area (Å²) >= 11 is 0. The van der Waals surface area contributed by atoms with E-state index in [0.717, 1.165) is 19.3 Å². The van der Waals surface area contributed by atoms with E-state index in [1.54, 1.807) is 0 Å². The summed E-state index contributed by atoms with van der Waals surface area (Å²) in [6.07, 6.45) is 7.97. The van der Waals surface area contributed by atoms with Gasteiger partial charge in [0.2, 0.25) is 5.78 Å². The van der Waals surface area contributed by atoms with Gasteiger partial charge in [-0.1, -0.05) is 42.9 Å². The van der Waals surface area contributed by atoms with E-state index in [4.69, 9.17) is 0 Å². The molecular weight excluding hydrogens is 248 g/mol. The predicted octanol–water partition coefficient (Wildman–Crippen LogP) is 4.91. The Hall–Kier alpha value is -1.07. The molecule has 0 aromatic heterocycles. The maximum atomic E-state index is 11.6. The van der Waals surface area contributed by atoms with Crippen LogP contribution in [-0.2, 0) is 4.79 Å². The second-order valence-corrected chi connectivity index (χ2v) is 11.1. The molecule has 19 heavy (non-hydrogen) atoms. The molecule has 0 aromatic carbocycles. The minimum absolute atomic E-state index is 0.0794. The number of hydrogen-bond donors (Lipinski definition) is 0. The van der Waals surface area contributed by atoms with Gasteiger partial charge in [0.05, 0.1) is 0 Å². The number of Topliss-reactive ketones (excluding diaryl/α,β-unsaturated/α-hetero) is 1. The first kappa shape index (κ1) is 17.9. The van der Waals surface area contributed by atoms with E-state index in [1.807, 2.05) is 0 Å². The molecule has 0 aromatic rings. The zero-order valence-electron chi connectivity index (χ0n) is 13.4. The highest BCUT2D eigenvalue weighted by molar-refractivity contribution is 6.84. The number of ketones is 1. The van der Waals surface area contributed by atoms with Crippen LogP contribution in [0.1, 0.15) is 46.5 Å². The van der Waals surface area contributed by atoms with Gasteiger partial charge in [-0.3, -0.25) is 4.79 Å². The molecule has 0 atom stereocenters. The first-order valence-electron chi connectivity index (χ1n) is 7.06. The van der Waals surface area contributed by atoms with Crippen molar-refractivity contribution in [1.29, 1.82) is 0 Å². The van der Waals surface area contributed by atoms with Crippen LogP contribution in [0.25, 0.3) is 0 Å². The van der Waals surface area contributed by atoms with E-state index < -0.39 is 8.07 Å². The fourth-order valence-corrected chi connectivity index (χ4v) is 1.97. The van der Waals surface area contributed by atoms with Crippen molar-refractivity contribution >= 4 is 13.9 Å². The lowest BCUT2D eigenvalue weighted by molar-refractivity contribution is -0.113. The van der Waals surface area contributed by atoms with Crippen LogP contribution in [0.2, 0.25) is 19.6 Å². The molecule has 0 unspecified atom stereocenters. The summed E-state index contributed by atoms with van der Waals surface area (Å²) in [5.41, 5.74) is 5.85. The van der Waals surface area contributed by atoms with Gasteiger partial charge in [0.15, 0.2) is 0 Å². The van der Waals surface area contributed by atoms with Crippen LogP contribution in [0.4, 0.5) is 0 Å². The molecule has 0 radical (unpaired) electrons. The minimum atomic E-state index is -1.41. The van der Waals surface area contributed by atoms with Gasteiger partial charge in [-0.25, -0.2) is 0 Å². The molecule has 0 N–H and O–H groups in total. The quantitative estimate of drug-likeness (QED) is 0.383. The number of hydrogen-bond acceptors (Lipinski definition) is 1. The molecule has 0 aliphatic carbocycles. The highest BCUT2D eigenvalue weighted by Gasteiger charge is 2.08. The van der Waals surface area contributed by atoms with Crippen molar-refractivity contribution in [2.24, 2.45) is 0 Å². The van der Waals surface area contributed by atoms with E-state index in [-0.39, 0.29) is 5.78 Å². The van der Waals surface area contributed by atoms with Crippen LogP contribution in [-0.4, -0.2) is 13.9 Å². The van der Waals surface area contributed by atoms with Gasteiger partial charge in [-0.2, -0.15) is 0 Å². The zero-order chi connectivity index (χ0) is 14.9. The fourth-order valence-electron chi connectivity index (χ4n) is 1.46. The third-order valence-corrected chi connectivity index (χ3v) is 3.41. The third kappa shape index (κ3) is 13.2. The van der Waals surface area contributed by atoms with Crippen LogP contribution in [0.3, 0.4) is 0 Å². The monoisotopic (exact) mass is 276 g/mol. The molecule has 106 valence electrons. The highest BCUT2D eigenvalue weighted by Crippen LogP contribution is 2.08. The Labute approximate surface area is 120 Å². The lowest BCUT2D eigenvalue weighted by Crippen LogP contribution is -2.17. The number of allylic oxidation sites excluding steroid dienone is 4. The van der Waals surface area contributed by atoms with Crippen molar-refractivity contribution in [3.05, 3.63) is 23.3 Å². The molecule has 0 heterocycles. The van der Waals surface area contributed by atoms with E-state index in [0.29, 0.717) is 6.42 Å². The van der Waals surface area contributed by atoms with Crippen LogP contribution in [0, 0.1) is 11.5 Å². The topological polar surface area (TPSA) is 17.1 Å². The Bertz CT molecular complexity index is 407. The van der Waals surface area contributed by atoms with Gasteiger partial charge in [-0.15, -0.1) is 5.54 Å². The van der Waals surface area contributed by atoms with Gasteiger partial charge in [0, 0.05) is 6.42 Å². The molecule has 0 amide bonds. The molecular formula is C17H28OSi. The van der Waals surface area contributed by atoms with Crippen molar-refractivity contribution in [1.82, 2.24) is 0 Å². The molecule has 0 bridgehead atoms. The van der Waals surface area contributed by atoms with Gasteiger partial charge >= 0.3 is 0 Å². The van der Waals surface area contributed by atoms with Crippen LogP contribution >= 0.6 is 0 Å². The molecule has 0 aliphatic rings. The van der Waals surface area contributed by atoms with Crippen molar-refractivity contribution in [2.75, 3.05) is 0 Å². The average molecular weight is 276 g/mol. The summed E-state index contributed by atoms with van der Waals surface area (Å²) in [6.45, 7) is 12.8.